The summed E-state index contributed by atoms with van der Waals surface area (Å²) in [6.45, 7) is 0. The van der Waals surface area contributed by atoms with Gasteiger partial charge in [-0.15, -0.1) is 0 Å². The predicted molar refractivity (Wildman–Crippen MR) is 95.8 cm³/mol. The number of nitrogens with zero attached hydrogens (tertiary/aromatic N) is 1. The fraction of sp³-hybridized carbons (Fsp3) is 0. The van der Waals surface area contributed by atoms with Crippen molar-refractivity contribution in [1.82, 2.24) is 4.98 Å². The first kappa shape index (κ1) is 15.1. The molecule has 0 aliphatic heterocycles. The minimum atomic E-state index is 0.354. The van der Waals surface area contributed by atoms with Gasteiger partial charge < -0.3 is 11.1 Å². The maximum atomic E-state index is 8.37. The van der Waals surface area contributed by atoms with E-state index in [0.717, 1.165) is 16.9 Å². The molecule has 0 unspecified atom stereocenters. The molecule has 1 heterocycles. The zero-order valence-electron chi connectivity index (χ0n) is 12.3. The number of hydrogen-bond acceptors (Lipinski definition) is 4. The van der Waals surface area contributed by atoms with Crippen LogP contribution < -0.4 is 11.1 Å². The van der Waals surface area contributed by atoms with Crippen molar-refractivity contribution in [3.8, 4) is 0 Å². The summed E-state index contributed by atoms with van der Waals surface area (Å²) < 4.78 is 0. The Morgan fingerprint density at radius 3 is 2.52 bits per heavy atom. The molecule has 0 atom stereocenters. The van der Waals surface area contributed by atoms with Crippen molar-refractivity contribution >= 4 is 34.4 Å². The lowest BCUT2D eigenvalue weighted by Gasteiger charge is -2.12. The van der Waals surface area contributed by atoms with Crippen LogP contribution in [0, 0.1) is 5.41 Å². The Kier molecular flexibility index (Phi) is 4.26. The third-order valence-electron chi connectivity index (χ3n) is 3.44. The number of para-hydroxylation sites is 1. The van der Waals surface area contributed by atoms with Crippen LogP contribution in [-0.2, 0) is 0 Å². The second-order valence-electron chi connectivity index (χ2n) is 5.02. The van der Waals surface area contributed by atoms with Crippen molar-refractivity contribution in [2.75, 3.05) is 11.1 Å². The summed E-state index contributed by atoms with van der Waals surface area (Å²) in [5, 5.41) is 12.3. The number of rotatable bonds is 4. The molecule has 0 spiro atoms. The molecule has 3 aromatic rings. The lowest BCUT2D eigenvalue weighted by molar-refractivity contribution is 1.31. The molecule has 4 nitrogen and oxygen atoms in total. The van der Waals surface area contributed by atoms with Gasteiger partial charge in [-0.3, -0.25) is 10.4 Å². The van der Waals surface area contributed by atoms with Gasteiger partial charge in [0.2, 0.25) is 0 Å². The van der Waals surface area contributed by atoms with E-state index < -0.39 is 0 Å². The smallest absolute Gasteiger partial charge is 0.0707 e. The van der Waals surface area contributed by atoms with E-state index in [1.807, 2.05) is 36.4 Å². The molecule has 3 rings (SSSR count). The molecule has 0 radical (unpaired) electrons. The third-order valence-corrected chi connectivity index (χ3v) is 3.77. The van der Waals surface area contributed by atoms with E-state index in [1.54, 1.807) is 30.6 Å². The lowest BCUT2D eigenvalue weighted by atomic mass is 10.0. The molecule has 5 heteroatoms. The fourth-order valence-electron chi connectivity index (χ4n) is 2.24. The SMILES string of the molecule is N=C(c1ccncc1)c1cc(Nc2ccccc2Cl)ccc1N. The van der Waals surface area contributed by atoms with Crippen LogP contribution in [0.1, 0.15) is 11.1 Å². The summed E-state index contributed by atoms with van der Waals surface area (Å²) in [4.78, 5) is 3.97. The highest BCUT2D eigenvalue weighted by Gasteiger charge is 2.10. The Balaban J connectivity index is 1.94. The van der Waals surface area contributed by atoms with Gasteiger partial charge in [0.05, 0.1) is 16.4 Å². The summed E-state index contributed by atoms with van der Waals surface area (Å²) in [6, 6.07) is 16.6. The number of hydrogen-bond donors (Lipinski definition) is 3. The molecule has 1 aromatic heterocycles. The molecule has 0 aliphatic carbocycles. The quantitative estimate of drug-likeness (QED) is 0.490. The average molecular weight is 323 g/mol. The number of benzene rings is 2. The maximum absolute atomic E-state index is 8.37. The van der Waals surface area contributed by atoms with E-state index in [0.29, 0.717) is 22.0 Å². The van der Waals surface area contributed by atoms with Crippen LogP contribution >= 0.6 is 11.6 Å². The highest BCUT2D eigenvalue weighted by molar-refractivity contribution is 6.33. The van der Waals surface area contributed by atoms with Gasteiger partial charge in [-0.1, -0.05) is 23.7 Å². The fourth-order valence-corrected chi connectivity index (χ4v) is 2.43. The van der Waals surface area contributed by atoms with Crippen molar-refractivity contribution in [2.24, 2.45) is 0 Å². The summed E-state index contributed by atoms with van der Waals surface area (Å²) in [7, 11) is 0. The second kappa shape index (κ2) is 6.50. The number of aromatic nitrogens is 1. The normalized spacial score (nSPS) is 10.3. The largest absolute Gasteiger partial charge is 0.398 e. The zero-order valence-corrected chi connectivity index (χ0v) is 13.0. The van der Waals surface area contributed by atoms with Gasteiger partial charge >= 0.3 is 0 Å². The minimum absolute atomic E-state index is 0.354. The molecular formula is C18H15ClN4. The number of pyridine rings is 1. The Labute approximate surface area is 139 Å². The first-order valence-corrected chi connectivity index (χ1v) is 7.43. The van der Waals surface area contributed by atoms with Crippen molar-refractivity contribution in [1.29, 1.82) is 5.41 Å². The van der Waals surface area contributed by atoms with E-state index in [2.05, 4.69) is 10.3 Å². The van der Waals surface area contributed by atoms with Crippen LogP contribution in [0.2, 0.25) is 5.02 Å². The molecule has 114 valence electrons. The van der Waals surface area contributed by atoms with Gasteiger partial charge in [0.15, 0.2) is 0 Å². The maximum Gasteiger partial charge on any atom is 0.0707 e. The van der Waals surface area contributed by atoms with Gasteiger partial charge in [0.25, 0.3) is 0 Å². The molecular weight excluding hydrogens is 308 g/mol. The molecule has 0 amide bonds. The number of nitrogens with two attached hydrogens (primary N) is 1. The van der Waals surface area contributed by atoms with Gasteiger partial charge in [-0.05, 0) is 42.5 Å². The minimum Gasteiger partial charge on any atom is -0.398 e. The van der Waals surface area contributed by atoms with Gasteiger partial charge in [0.1, 0.15) is 0 Å². The average Bonchev–Trinajstić information content (AvgIpc) is 2.59. The number of nitrogen functional groups attached to an aromatic ring is 1. The van der Waals surface area contributed by atoms with E-state index in [1.165, 1.54) is 0 Å². The highest BCUT2D eigenvalue weighted by Crippen LogP contribution is 2.27. The number of anilines is 3. The van der Waals surface area contributed by atoms with E-state index >= 15 is 0 Å². The van der Waals surface area contributed by atoms with Gasteiger partial charge in [0, 0.05) is 34.9 Å². The third kappa shape index (κ3) is 3.33. The number of halogens is 1. The van der Waals surface area contributed by atoms with Crippen molar-refractivity contribution < 1.29 is 0 Å². The summed E-state index contributed by atoms with van der Waals surface area (Å²) in [6.07, 6.45) is 3.32. The molecule has 0 fully saturated rings. The van der Waals surface area contributed by atoms with Crippen molar-refractivity contribution in [2.45, 2.75) is 0 Å². The van der Waals surface area contributed by atoms with Gasteiger partial charge in [-0.25, -0.2) is 0 Å². The first-order chi connectivity index (χ1) is 11.1. The van der Waals surface area contributed by atoms with Crippen LogP contribution in [0.3, 0.4) is 0 Å². The molecule has 4 N–H and O–H groups in total. The zero-order chi connectivity index (χ0) is 16.2. The van der Waals surface area contributed by atoms with Crippen LogP contribution in [-0.4, -0.2) is 10.7 Å². The Hall–Kier alpha value is -2.85. The summed E-state index contributed by atoms with van der Waals surface area (Å²) in [5.74, 6) is 0. The summed E-state index contributed by atoms with van der Waals surface area (Å²) in [5.41, 5.74) is 10.00. The van der Waals surface area contributed by atoms with Gasteiger partial charge in [-0.2, -0.15) is 0 Å². The molecule has 0 bridgehead atoms. The predicted octanol–water partition coefficient (Wildman–Crippen LogP) is 4.48. The topological polar surface area (TPSA) is 74.8 Å². The van der Waals surface area contributed by atoms with E-state index in [4.69, 9.17) is 22.7 Å². The highest BCUT2D eigenvalue weighted by atomic mass is 35.5. The number of nitrogens with one attached hydrogen (secondary N) is 2. The molecule has 2 aromatic carbocycles. The molecule has 0 aliphatic rings. The lowest BCUT2D eigenvalue weighted by Crippen LogP contribution is -2.06. The second-order valence-corrected chi connectivity index (χ2v) is 5.42. The van der Waals surface area contributed by atoms with Crippen LogP contribution in [0.25, 0.3) is 0 Å². The Morgan fingerprint density at radius 1 is 1.04 bits per heavy atom. The first-order valence-electron chi connectivity index (χ1n) is 7.05. The standard InChI is InChI=1S/C18H15ClN4/c19-15-3-1-2-4-17(15)23-13-5-6-16(20)14(11-13)18(21)12-7-9-22-10-8-12/h1-11,21,23H,20H2. The van der Waals surface area contributed by atoms with Crippen LogP contribution in [0.5, 0.6) is 0 Å². The van der Waals surface area contributed by atoms with Crippen molar-refractivity contribution in [3.05, 3.63) is 83.1 Å². The summed E-state index contributed by atoms with van der Waals surface area (Å²) >= 11 is 6.17. The van der Waals surface area contributed by atoms with E-state index in [-0.39, 0.29) is 0 Å². The molecule has 0 saturated heterocycles. The van der Waals surface area contributed by atoms with Crippen LogP contribution in [0.15, 0.2) is 67.0 Å². The molecule has 23 heavy (non-hydrogen) atoms. The van der Waals surface area contributed by atoms with Crippen LogP contribution in [0.4, 0.5) is 17.1 Å². The van der Waals surface area contributed by atoms with E-state index in [9.17, 15) is 0 Å². The Bertz CT molecular complexity index is 847. The van der Waals surface area contributed by atoms with Crippen molar-refractivity contribution in [3.63, 3.8) is 0 Å². The monoisotopic (exact) mass is 322 g/mol. The Morgan fingerprint density at radius 2 is 1.78 bits per heavy atom. The molecule has 0 saturated carbocycles.